The largest absolute Gasteiger partial charge is 0.422 e. The number of carbonyl (C=O) groups is 2. The number of carbonyl (C=O) groups excluding carboxylic acids is 2. The van der Waals surface area contributed by atoms with Gasteiger partial charge in [0.1, 0.15) is 5.75 Å². The number of amides is 1. The fraction of sp³-hybridized carbons (Fsp3) is 0.158. The predicted molar refractivity (Wildman–Crippen MR) is 87.2 cm³/mol. The molecule has 2 aliphatic heterocycles. The number of aryl methyl sites for hydroxylation is 1. The molecule has 0 saturated heterocycles. The highest BCUT2D eigenvalue weighted by atomic mass is 16.5. The standard InChI is InChI=1S/C19H15NO3/c21-18(20-11-5-7-13-6-1-3-9-16(13)20)12-15-14-8-2-4-10-17(14)23-19(15)22/h1-4,6,8-10,12H,5,7,11H2/b15-12+. The predicted octanol–water partition coefficient (Wildman–Crippen LogP) is 2.97. The maximum Gasteiger partial charge on any atom is 0.344 e. The van der Waals surface area contributed by atoms with Crippen molar-refractivity contribution in [2.45, 2.75) is 12.8 Å². The minimum atomic E-state index is -0.468. The van der Waals surface area contributed by atoms with Crippen molar-refractivity contribution in [1.82, 2.24) is 0 Å². The zero-order valence-electron chi connectivity index (χ0n) is 12.5. The summed E-state index contributed by atoms with van der Waals surface area (Å²) in [6, 6.07) is 15.1. The lowest BCUT2D eigenvalue weighted by atomic mass is 10.0. The number of fused-ring (bicyclic) bond motifs is 2. The summed E-state index contributed by atoms with van der Waals surface area (Å²) in [5.74, 6) is -0.138. The number of hydrogen-bond donors (Lipinski definition) is 0. The van der Waals surface area contributed by atoms with Gasteiger partial charge >= 0.3 is 5.97 Å². The molecule has 0 bridgehead atoms. The Morgan fingerprint density at radius 1 is 1.09 bits per heavy atom. The number of para-hydroxylation sites is 2. The van der Waals surface area contributed by atoms with Crippen molar-refractivity contribution in [1.29, 1.82) is 0 Å². The molecule has 2 aliphatic rings. The fourth-order valence-corrected chi connectivity index (χ4v) is 3.14. The number of nitrogens with zero attached hydrogens (tertiary/aromatic N) is 1. The van der Waals surface area contributed by atoms with Gasteiger partial charge in [0.2, 0.25) is 0 Å². The third-order valence-electron chi connectivity index (χ3n) is 4.24. The van der Waals surface area contributed by atoms with Crippen molar-refractivity contribution in [3.63, 3.8) is 0 Å². The Morgan fingerprint density at radius 3 is 2.78 bits per heavy atom. The Kier molecular flexibility index (Phi) is 3.23. The molecule has 2 aromatic rings. The zero-order chi connectivity index (χ0) is 15.8. The van der Waals surface area contributed by atoms with Gasteiger partial charge in [-0.1, -0.05) is 36.4 Å². The lowest BCUT2D eigenvalue weighted by molar-refractivity contribution is -0.127. The maximum atomic E-state index is 12.7. The third-order valence-corrected chi connectivity index (χ3v) is 4.24. The molecule has 0 N–H and O–H groups in total. The molecule has 4 heteroatoms. The Hall–Kier alpha value is -2.88. The van der Waals surface area contributed by atoms with Crippen LogP contribution in [0.1, 0.15) is 17.5 Å². The van der Waals surface area contributed by atoms with E-state index >= 15 is 0 Å². The summed E-state index contributed by atoms with van der Waals surface area (Å²) in [6.07, 6.45) is 3.30. The molecule has 114 valence electrons. The summed E-state index contributed by atoms with van der Waals surface area (Å²) >= 11 is 0. The maximum absolute atomic E-state index is 12.7. The van der Waals surface area contributed by atoms with Gasteiger partial charge in [-0.2, -0.15) is 0 Å². The second kappa shape index (κ2) is 5.39. The summed E-state index contributed by atoms with van der Waals surface area (Å²) in [5, 5.41) is 0. The van der Waals surface area contributed by atoms with Gasteiger partial charge in [-0.05, 0) is 30.5 Å². The molecule has 2 aromatic carbocycles. The van der Waals surface area contributed by atoms with Crippen molar-refractivity contribution >= 4 is 23.1 Å². The lowest BCUT2D eigenvalue weighted by Gasteiger charge is -2.28. The molecule has 4 nitrogen and oxygen atoms in total. The van der Waals surface area contributed by atoms with E-state index in [1.54, 1.807) is 23.1 Å². The third kappa shape index (κ3) is 2.32. The quantitative estimate of drug-likeness (QED) is 0.462. The molecule has 23 heavy (non-hydrogen) atoms. The van der Waals surface area contributed by atoms with E-state index < -0.39 is 5.97 Å². The molecule has 0 fully saturated rings. The highest BCUT2D eigenvalue weighted by Gasteiger charge is 2.29. The number of esters is 1. The van der Waals surface area contributed by atoms with Crippen LogP contribution >= 0.6 is 0 Å². The van der Waals surface area contributed by atoms with E-state index in [0.29, 0.717) is 23.4 Å². The van der Waals surface area contributed by atoms with Crippen LogP contribution in [-0.2, 0) is 16.0 Å². The molecule has 1 amide bonds. The summed E-state index contributed by atoms with van der Waals surface area (Å²) in [7, 11) is 0. The van der Waals surface area contributed by atoms with Gasteiger partial charge in [0.15, 0.2) is 0 Å². The van der Waals surface area contributed by atoms with Gasteiger partial charge in [-0.15, -0.1) is 0 Å². The highest BCUT2D eigenvalue weighted by Crippen LogP contribution is 2.34. The average molecular weight is 305 g/mol. The van der Waals surface area contributed by atoms with E-state index in [-0.39, 0.29) is 5.91 Å². The lowest BCUT2D eigenvalue weighted by Crippen LogP contribution is -2.34. The van der Waals surface area contributed by atoms with Crippen LogP contribution < -0.4 is 9.64 Å². The smallest absolute Gasteiger partial charge is 0.344 e. The molecule has 0 saturated carbocycles. The first-order valence-electron chi connectivity index (χ1n) is 7.67. The van der Waals surface area contributed by atoms with Crippen molar-refractivity contribution < 1.29 is 14.3 Å². The SMILES string of the molecule is O=C1Oc2ccccc2/C1=C\C(=O)N1CCCc2ccccc21. The van der Waals surface area contributed by atoms with Crippen LogP contribution in [0.15, 0.2) is 54.6 Å². The normalized spacial score (nSPS) is 17.7. The number of anilines is 1. The van der Waals surface area contributed by atoms with Crippen LogP contribution in [0.3, 0.4) is 0 Å². The molecule has 0 unspecified atom stereocenters. The molecule has 0 aliphatic carbocycles. The molecule has 0 radical (unpaired) electrons. The summed E-state index contributed by atoms with van der Waals surface area (Å²) in [5.41, 5.74) is 3.10. The first-order chi connectivity index (χ1) is 11.2. The molecule has 0 atom stereocenters. The Morgan fingerprint density at radius 2 is 1.87 bits per heavy atom. The van der Waals surface area contributed by atoms with E-state index in [2.05, 4.69) is 0 Å². The van der Waals surface area contributed by atoms with Crippen LogP contribution in [0.5, 0.6) is 5.75 Å². The molecule has 0 aromatic heterocycles. The van der Waals surface area contributed by atoms with Crippen molar-refractivity contribution in [3.05, 3.63) is 65.7 Å². The van der Waals surface area contributed by atoms with E-state index in [1.807, 2.05) is 30.3 Å². The number of ether oxygens (including phenoxy) is 1. The number of benzene rings is 2. The number of rotatable bonds is 1. The van der Waals surface area contributed by atoms with E-state index in [4.69, 9.17) is 4.74 Å². The summed E-state index contributed by atoms with van der Waals surface area (Å²) < 4.78 is 5.20. The van der Waals surface area contributed by atoms with E-state index in [9.17, 15) is 9.59 Å². The molecular weight excluding hydrogens is 290 g/mol. The van der Waals surface area contributed by atoms with Gasteiger partial charge in [-0.25, -0.2) is 4.79 Å². The summed E-state index contributed by atoms with van der Waals surface area (Å²) in [4.78, 5) is 26.5. The van der Waals surface area contributed by atoms with Gasteiger partial charge < -0.3 is 9.64 Å². The van der Waals surface area contributed by atoms with Crippen LogP contribution in [-0.4, -0.2) is 18.4 Å². The monoisotopic (exact) mass is 305 g/mol. The molecule has 2 heterocycles. The molecule has 0 spiro atoms. The molecular formula is C19H15NO3. The zero-order valence-corrected chi connectivity index (χ0v) is 12.5. The average Bonchev–Trinajstić information content (AvgIpc) is 2.90. The van der Waals surface area contributed by atoms with Crippen LogP contribution in [0.25, 0.3) is 5.57 Å². The van der Waals surface area contributed by atoms with Gasteiger partial charge in [0.05, 0.1) is 5.57 Å². The minimum absolute atomic E-state index is 0.180. The van der Waals surface area contributed by atoms with Gasteiger partial charge in [0.25, 0.3) is 5.91 Å². The number of hydrogen-bond acceptors (Lipinski definition) is 3. The topological polar surface area (TPSA) is 46.6 Å². The van der Waals surface area contributed by atoms with Crippen molar-refractivity contribution in [2.75, 3.05) is 11.4 Å². The van der Waals surface area contributed by atoms with Crippen molar-refractivity contribution in [3.8, 4) is 5.75 Å². The Bertz CT molecular complexity index is 838. The van der Waals surface area contributed by atoms with Crippen molar-refractivity contribution in [2.24, 2.45) is 0 Å². The van der Waals surface area contributed by atoms with Gasteiger partial charge in [-0.3, -0.25) is 4.79 Å². The Balaban J connectivity index is 1.70. The first kappa shape index (κ1) is 13.8. The first-order valence-corrected chi connectivity index (χ1v) is 7.67. The minimum Gasteiger partial charge on any atom is -0.422 e. The van der Waals surface area contributed by atoms with E-state index in [1.165, 1.54) is 11.6 Å². The van der Waals surface area contributed by atoms with Crippen LogP contribution in [0.2, 0.25) is 0 Å². The second-order valence-corrected chi connectivity index (χ2v) is 5.67. The van der Waals surface area contributed by atoms with Gasteiger partial charge in [0, 0.05) is 23.9 Å². The Labute approximate surface area is 134 Å². The summed E-state index contributed by atoms with van der Waals surface area (Å²) in [6.45, 7) is 0.663. The molecule has 4 rings (SSSR count). The highest BCUT2D eigenvalue weighted by molar-refractivity contribution is 6.26. The van der Waals surface area contributed by atoms with Crippen LogP contribution in [0.4, 0.5) is 5.69 Å². The fourth-order valence-electron chi connectivity index (χ4n) is 3.14. The second-order valence-electron chi connectivity index (χ2n) is 5.67. The van der Waals surface area contributed by atoms with E-state index in [0.717, 1.165) is 18.5 Å². The van der Waals surface area contributed by atoms with Crippen LogP contribution in [0, 0.1) is 0 Å².